The molecule has 5 heterocycles. The molecule has 1 unspecified atom stereocenters. The maximum Gasteiger partial charge on any atom is 0.312 e. The predicted molar refractivity (Wildman–Crippen MR) is 232 cm³/mol. The van der Waals surface area contributed by atoms with Gasteiger partial charge in [-0.3, -0.25) is 19.4 Å². The number of aliphatic hydroxyl groups is 1. The molecule has 5 aliphatic rings. The van der Waals surface area contributed by atoms with Crippen LogP contribution >= 0.6 is 0 Å². The van der Waals surface area contributed by atoms with Crippen LogP contribution in [0.3, 0.4) is 0 Å². The van der Waals surface area contributed by atoms with Gasteiger partial charge in [-0.25, -0.2) is 0 Å². The van der Waals surface area contributed by atoms with Crippen LogP contribution in [0.4, 0.5) is 5.69 Å². The highest BCUT2D eigenvalue weighted by Crippen LogP contribution is 2.55. The van der Waals surface area contributed by atoms with Crippen molar-refractivity contribution in [2.45, 2.75) is 92.5 Å². The number of esters is 1. The number of nitrogens with zero attached hydrogens (tertiary/aromatic N) is 3. The summed E-state index contributed by atoms with van der Waals surface area (Å²) in [5.41, 5.74) is -0.676. The molecule has 0 aliphatic carbocycles. The molecular formula is C46H62N4O12. The van der Waals surface area contributed by atoms with Crippen LogP contribution in [-0.2, 0) is 28.5 Å². The van der Waals surface area contributed by atoms with Crippen LogP contribution < -0.4 is 10.1 Å². The van der Waals surface area contributed by atoms with Gasteiger partial charge in [-0.05, 0) is 32.9 Å². The molecule has 1 amide bonds. The Hall–Kier alpha value is -5.16. The SMILES string of the molecule is CO[C@H]1/C=C/O[C@@]2(C)Oc3c(C)c(O)c4c(O)c(c(/C=N/N5CCN(C)CC5)c(O)c4c3C2=O)NC(=O)/C(C)=C\C=C\C2(C)CO[C@H]([C@@H](C)[C@@H](O)[C@@H](C)[C@H](OC(C)=O)[C@@H]1C)[C@H]2C. The summed E-state index contributed by atoms with van der Waals surface area (Å²) in [6, 6.07) is 0. The fourth-order valence-corrected chi connectivity index (χ4v) is 9.09. The number of aliphatic hydroxyl groups excluding tert-OH is 1. The van der Waals surface area contributed by atoms with Gasteiger partial charge in [0.15, 0.2) is 5.75 Å². The molecule has 0 saturated carbocycles. The first-order valence-electron chi connectivity index (χ1n) is 21.2. The zero-order chi connectivity index (χ0) is 45.6. The van der Waals surface area contributed by atoms with Gasteiger partial charge < -0.3 is 54.3 Å². The van der Waals surface area contributed by atoms with Gasteiger partial charge in [0.1, 0.15) is 23.4 Å². The Bertz CT molecular complexity index is 2210. The smallest absolute Gasteiger partial charge is 0.312 e. The van der Waals surface area contributed by atoms with Gasteiger partial charge in [0.05, 0.1) is 59.6 Å². The van der Waals surface area contributed by atoms with Crippen molar-refractivity contribution < 1.29 is 58.5 Å². The molecule has 2 aromatic rings. The minimum absolute atomic E-state index is 0.0703. The summed E-state index contributed by atoms with van der Waals surface area (Å²) >= 11 is 0. The first-order chi connectivity index (χ1) is 29.1. The minimum atomic E-state index is -2.03. The van der Waals surface area contributed by atoms with Crippen molar-refractivity contribution in [1.82, 2.24) is 9.91 Å². The average molecular weight is 863 g/mol. The lowest BCUT2D eigenvalue weighted by atomic mass is 9.72. The van der Waals surface area contributed by atoms with Crippen molar-refractivity contribution >= 4 is 40.3 Å². The number of aromatic hydroxyl groups is 3. The summed E-state index contributed by atoms with van der Waals surface area (Å²) < 4.78 is 30.2. The maximum absolute atomic E-state index is 14.5. The quantitative estimate of drug-likeness (QED) is 0.113. The van der Waals surface area contributed by atoms with E-state index in [1.165, 1.54) is 40.4 Å². The van der Waals surface area contributed by atoms with E-state index < -0.39 is 76.3 Å². The van der Waals surface area contributed by atoms with E-state index in [9.17, 15) is 34.8 Å². The Morgan fingerprint density at radius 1 is 0.984 bits per heavy atom. The Morgan fingerprint density at radius 3 is 2.31 bits per heavy atom. The van der Waals surface area contributed by atoms with Crippen LogP contribution in [0.1, 0.15) is 76.9 Å². The van der Waals surface area contributed by atoms with E-state index >= 15 is 0 Å². The summed E-state index contributed by atoms with van der Waals surface area (Å²) in [5.74, 6) is -7.24. The highest BCUT2D eigenvalue weighted by molar-refractivity contribution is 6.23. The number of allylic oxidation sites excluding steroid dienone is 2. The van der Waals surface area contributed by atoms with Crippen LogP contribution in [0.15, 0.2) is 41.2 Å². The molecule has 5 aliphatic heterocycles. The number of likely N-dealkylation sites (N-methyl/N-ethyl adjacent to an activating group) is 1. The monoisotopic (exact) mass is 862 g/mol. The van der Waals surface area contributed by atoms with Gasteiger partial charge in [-0.1, -0.05) is 52.8 Å². The lowest BCUT2D eigenvalue weighted by Crippen LogP contribution is -2.46. The van der Waals surface area contributed by atoms with E-state index in [4.69, 9.17) is 23.7 Å². The highest BCUT2D eigenvalue weighted by Gasteiger charge is 2.51. The third-order valence-corrected chi connectivity index (χ3v) is 13.5. The number of anilines is 1. The van der Waals surface area contributed by atoms with E-state index in [0.29, 0.717) is 19.7 Å². The first-order valence-corrected chi connectivity index (χ1v) is 21.2. The highest BCUT2D eigenvalue weighted by atomic mass is 16.7. The average Bonchev–Trinajstić information content (AvgIpc) is 3.67. The number of fused-ring (bicyclic) bond motifs is 11. The minimum Gasteiger partial charge on any atom is -0.507 e. The van der Waals surface area contributed by atoms with Crippen LogP contribution in [0.25, 0.3) is 10.8 Å². The van der Waals surface area contributed by atoms with Crippen molar-refractivity contribution in [3.63, 3.8) is 0 Å². The number of piperazine rings is 1. The van der Waals surface area contributed by atoms with E-state index in [1.807, 2.05) is 47.7 Å². The number of benzene rings is 2. The molecular weight excluding hydrogens is 801 g/mol. The second-order valence-corrected chi connectivity index (χ2v) is 17.8. The molecule has 0 aromatic heterocycles. The number of nitrogens with one attached hydrogen (secondary N) is 1. The number of phenols is 3. The molecule has 7 rings (SSSR count). The van der Waals surface area contributed by atoms with Crippen molar-refractivity contribution in [2.24, 2.45) is 34.2 Å². The molecule has 2 fully saturated rings. The van der Waals surface area contributed by atoms with Crippen molar-refractivity contribution in [3.05, 3.63) is 52.8 Å². The van der Waals surface area contributed by atoms with Gasteiger partial charge in [-0.2, -0.15) is 5.10 Å². The van der Waals surface area contributed by atoms with Gasteiger partial charge in [0.25, 0.3) is 11.7 Å². The first kappa shape index (κ1) is 46.3. The lowest BCUT2D eigenvalue weighted by Gasteiger charge is -2.38. The number of amides is 1. The molecule has 2 saturated heterocycles. The third kappa shape index (κ3) is 8.49. The molecule has 5 N–H and O–H groups in total. The number of ketones is 1. The summed E-state index contributed by atoms with van der Waals surface area (Å²) in [6.45, 7) is 18.3. The Morgan fingerprint density at radius 2 is 1.66 bits per heavy atom. The standard InChI is InChI=1S/C46H62N4O12/c1-23-13-12-15-45(8)22-59-41(28(45)6)26(4)36(52)25(3)40(61-29(7)51)24(2)31(58-11)14-20-60-46(9)43(56)34-32-33(37(53)27(5)42(34)62-46)39(55)35(48-44(23)57)30(38(32)54)21-47-50-18-16-49(10)17-19-50/h12-15,20-21,24-26,28,31,36,40-41,52-55H,16-19,22H2,1-11H3,(H,48,57)/b15-12+,20-14+,23-13-,47-21+/t24-,25-,26+,28-,31+,36+,40-,41-,45?,46+/m1/s1. The van der Waals surface area contributed by atoms with Crippen molar-refractivity contribution in [2.75, 3.05) is 52.3 Å². The Labute approximate surface area is 362 Å². The number of hydrogen-bond donors (Lipinski definition) is 5. The Balaban J connectivity index is 1.52. The normalized spacial score (nSPS) is 34.4. The second-order valence-electron chi connectivity index (χ2n) is 17.8. The van der Waals surface area contributed by atoms with Crippen LogP contribution in [0, 0.1) is 36.0 Å². The number of rotatable bonds is 4. The van der Waals surface area contributed by atoms with E-state index in [2.05, 4.69) is 15.3 Å². The Kier molecular flexibility index (Phi) is 13.4. The fraction of sp³-hybridized carbons (Fsp3) is 0.565. The third-order valence-electron chi connectivity index (χ3n) is 13.5. The number of hydrogen-bond acceptors (Lipinski definition) is 15. The number of carbonyl (C=O) groups excluding carboxylic acids is 3. The van der Waals surface area contributed by atoms with Gasteiger partial charge in [0, 0.05) is 86.8 Å². The zero-order valence-corrected chi connectivity index (χ0v) is 37.5. The van der Waals surface area contributed by atoms with Crippen molar-refractivity contribution in [1.29, 1.82) is 0 Å². The fourth-order valence-electron chi connectivity index (χ4n) is 9.09. The molecule has 0 spiro atoms. The predicted octanol–water partition coefficient (Wildman–Crippen LogP) is 5.38. The summed E-state index contributed by atoms with van der Waals surface area (Å²) in [7, 11) is 3.47. The zero-order valence-electron chi connectivity index (χ0n) is 37.5. The molecule has 16 heteroatoms. The summed E-state index contributed by atoms with van der Waals surface area (Å²) in [5, 5.41) is 56.3. The van der Waals surface area contributed by atoms with Gasteiger partial charge in [-0.15, -0.1) is 0 Å². The van der Waals surface area contributed by atoms with E-state index in [1.54, 1.807) is 30.2 Å². The maximum atomic E-state index is 14.5. The molecule has 338 valence electrons. The number of Topliss-reactive ketones (excluding diaryl/α,β-unsaturated/α-hetero) is 1. The molecule has 0 radical (unpaired) electrons. The molecule has 16 nitrogen and oxygen atoms in total. The van der Waals surface area contributed by atoms with Crippen LogP contribution in [-0.4, -0.2) is 131 Å². The van der Waals surface area contributed by atoms with E-state index in [0.717, 1.165) is 13.1 Å². The van der Waals surface area contributed by atoms with Crippen LogP contribution in [0.2, 0.25) is 0 Å². The summed E-state index contributed by atoms with van der Waals surface area (Å²) in [4.78, 5) is 43.1. The topological polar surface area (TPSA) is 209 Å². The van der Waals surface area contributed by atoms with Gasteiger partial charge >= 0.3 is 11.8 Å². The number of hydrazone groups is 1. The van der Waals surface area contributed by atoms with Crippen molar-refractivity contribution in [3.8, 4) is 23.0 Å². The van der Waals surface area contributed by atoms with Crippen LogP contribution in [0.5, 0.6) is 23.0 Å². The number of methoxy groups -OCH3 is 1. The van der Waals surface area contributed by atoms with Gasteiger partial charge in [0.2, 0.25) is 0 Å². The largest absolute Gasteiger partial charge is 0.507 e. The molecule has 10 atom stereocenters. The summed E-state index contributed by atoms with van der Waals surface area (Å²) in [6.07, 6.45) is 6.52. The lowest BCUT2D eigenvalue weighted by molar-refractivity contribution is -0.160. The number of carbonyl (C=O) groups is 3. The number of ether oxygens (including phenoxy) is 5. The molecule has 2 aromatic carbocycles. The molecule has 7 bridgehead atoms. The molecule has 62 heavy (non-hydrogen) atoms. The second kappa shape index (κ2) is 17.9. The number of phenolic OH excluding ortho intramolecular Hbond substituents is 3. The van der Waals surface area contributed by atoms with E-state index in [-0.39, 0.29) is 62.4 Å².